The number of hydrogen-bond acceptors (Lipinski definition) is 2. The van der Waals surface area contributed by atoms with Gasteiger partial charge in [-0.15, -0.1) is 0 Å². The molecule has 0 radical (unpaired) electrons. The molecule has 1 saturated carbocycles. The highest BCUT2D eigenvalue weighted by Crippen LogP contribution is 2.36. The van der Waals surface area contributed by atoms with Gasteiger partial charge >= 0.3 is 0 Å². The lowest BCUT2D eigenvalue weighted by Gasteiger charge is -2.30. The highest BCUT2D eigenvalue weighted by Gasteiger charge is 2.26. The minimum atomic E-state index is 0.523. The third-order valence-corrected chi connectivity index (χ3v) is 4.06. The summed E-state index contributed by atoms with van der Waals surface area (Å²) in [7, 11) is 0. The molecule has 0 heterocycles. The minimum Gasteiger partial charge on any atom is -0.398 e. The predicted molar refractivity (Wildman–Crippen MR) is 78.5 cm³/mol. The number of anilines is 2. The zero-order valence-electron chi connectivity index (χ0n) is 10.8. The number of halogens is 1. The van der Waals surface area contributed by atoms with Crippen LogP contribution in [-0.2, 0) is 0 Å². The molecule has 94 valence electrons. The summed E-state index contributed by atoms with van der Waals surface area (Å²) in [6.45, 7) is 7.74. The highest BCUT2D eigenvalue weighted by atomic mass is 79.9. The van der Waals surface area contributed by atoms with Crippen molar-refractivity contribution in [3.8, 4) is 0 Å². The van der Waals surface area contributed by atoms with E-state index in [1.54, 1.807) is 0 Å². The summed E-state index contributed by atoms with van der Waals surface area (Å²) in [4.78, 5) is 2.48. The van der Waals surface area contributed by atoms with Crippen LogP contribution in [0.3, 0.4) is 0 Å². The largest absolute Gasteiger partial charge is 0.398 e. The number of nitrogen functional groups attached to an aromatic ring is 1. The number of rotatable bonds is 4. The molecule has 3 heteroatoms. The van der Waals surface area contributed by atoms with E-state index in [-0.39, 0.29) is 0 Å². The average Bonchev–Trinajstić information content (AvgIpc) is 3.04. The van der Waals surface area contributed by atoms with E-state index in [0.29, 0.717) is 6.04 Å². The molecule has 2 rings (SSSR count). The Morgan fingerprint density at radius 3 is 2.59 bits per heavy atom. The topological polar surface area (TPSA) is 29.3 Å². The fourth-order valence-corrected chi connectivity index (χ4v) is 2.66. The SMILES string of the molecule is Cc1cc(N(CC2CC2)C(C)C)c(Br)cc1N. The Morgan fingerprint density at radius 1 is 1.41 bits per heavy atom. The molecule has 0 saturated heterocycles. The Labute approximate surface area is 112 Å². The normalized spacial score (nSPS) is 15.4. The predicted octanol–water partition coefficient (Wildman–Crippen LogP) is 3.96. The lowest BCUT2D eigenvalue weighted by Crippen LogP contribution is -2.33. The van der Waals surface area contributed by atoms with Gasteiger partial charge in [-0.05, 0) is 73.2 Å². The maximum Gasteiger partial charge on any atom is 0.0517 e. The number of aryl methyl sites for hydroxylation is 1. The summed E-state index contributed by atoms with van der Waals surface area (Å²) in [5.41, 5.74) is 9.22. The zero-order chi connectivity index (χ0) is 12.6. The van der Waals surface area contributed by atoms with Crippen LogP contribution < -0.4 is 10.6 Å². The molecule has 17 heavy (non-hydrogen) atoms. The smallest absolute Gasteiger partial charge is 0.0517 e. The van der Waals surface area contributed by atoms with Gasteiger partial charge in [0.25, 0.3) is 0 Å². The number of hydrogen-bond donors (Lipinski definition) is 1. The molecule has 1 aromatic rings. The van der Waals surface area contributed by atoms with Gasteiger partial charge in [0.05, 0.1) is 5.69 Å². The van der Waals surface area contributed by atoms with Crippen LogP contribution in [0.1, 0.15) is 32.3 Å². The summed E-state index contributed by atoms with van der Waals surface area (Å²) >= 11 is 3.64. The maximum atomic E-state index is 5.93. The van der Waals surface area contributed by atoms with Gasteiger partial charge in [0.15, 0.2) is 0 Å². The molecule has 1 aliphatic rings. The number of nitrogens with zero attached hydrogens (tertiary/aromatic N) is 1. The first kappa shape index (κ1) is 12.7. The van der Waals surface area contributed by atoms with Gasteiger partial charge in [-0.25, -0.2) is 0 Å². The van der Waals surface area contributed by atoms with E-state index in [1.807, 2.05) is 6.07 Å². The van der Waals surface area contributed by atoms with Crippen molar-refractivity contribution in [3.63, 3.8) is 0 Å². The van der Waals surface area contributed by atoms with Crippen molar-refractivity contribution < 1.29 is 0 Å². The summed E-state index contributed by atoms with van der Waals surface area (Å²) in [6.07, 6.45) is 2.77. The fraction of sp³-hybridized carbons (Fsp3) is 0.571. The second-order valence-corrected chi connectivity index (χ2v) is 6.20. The van der Waals surface area contributed by atoms with Crippen molar-refractivity contribution in [1.29, 1.82) is 0 Å². The molecule has 0 aliphatic heterocycles. The maximum absolute atomic E-state index is 5.93. The second-order valence-electron chi connectivity index (χ2n) is 5.35. The Hall–Kier alpha value is -0.700. The fourth-order valence-electron chi connectivity index (χ4n) is 2.07. The molecule has 0 aromatic heterocycles. The van der Waals surface area contributed by atoms with Crippen LogP contribution in [0.25, 0.3) is 0 Å². The number of nitrogens with two attached hydrogens (primary N) is 1. The van der Waals surface area contributed by atoms with Gasteiger partial charge in [0, 0.05) is 22.7 Å². The van der Waals surface area contributed by atoms with E-state index in [2.05, 4.69) is 47.7 Å². The van der Waals surface area contributed by atoms with Crippen molar-refractivity contribution in [1.82, 2.24) is 0 Å². The molecule has 1 aromatic carbocycles. The minimum absolute atomic E-state index is 0.523. The van der Waals surface area contributed by atoms with Crippen molar-refractivity contribution in [2.45, 2.75) is 39.7 Å². The number of benzene rings is 1. The van der Waals surface area contributed by atoms with Gasteiger partial charge < -0.3 is 10.6 Å². The standard InChI is InChI=1S/C14H21BrN2/c1-9(2)17(8-11-4-5-11)14-6-10(3)13(16)7-12(14)15/h6-7,9,11H,4-5,8,16H2,1-3H3. The van der Waals surface area contributed by atoms with Crippen molar-refractivity contribution in [2.75, 3.05) is 17.2 Å². The first-order valence-corrected chi connectivity index (χ1v) is 7.10. The molecule has 0 spiro atoms. The molecule has 0 amide bonds. The molecule has 0 unspecified atom stereocenters. The van der Waals surface area contributed by atoms with Crippen LogP contribution in [-0.4, -0.2) is 12.6 Å². The molecule has 2 N–H and O–H groups in total. The molecule has 0 bridgehead atoms. The lowest BCUT2D eigenvalue weighted by molar-refractivity contribution is 0.643. The Bertz CT molecular complexity index is 411. The van der Waals surface area contributed by atoms with Crippen LogP contribution in [0.5, 0.6) is 0 Å². The van der Waals surface area contributed by atoms with Crippen LogP contribution in [0.2, 0.25) is 0 Å². The monoisotopic (exact) mass is 296 g/mol. The van der Waals surface area contributed by atoms with Crippen LogP contribution >= 0.6 is 15.9 Å². The molecule has 2 nitrogen and oxygen atoms in total. The van der Waals surface area contributed by atoms with Gasteiger partial charge in [-0.1, -0.05) is 0 Å². The van der Waals surface area contributed by atoms with Crippen molar-refractivity contribution in [2.24, 2.45) is 5.92 Å². The van der Waals surface area contributed by atoms with Crippen molar-refractivity contribution in [3.05, 3.63) is 22.2 Å². The second kappa shape index (κ2) is 4.89. The lowest BCUT2D eigenvalue weighted by atomic mass is 10.1. The van der Waals surface area contributed by atoms with Crippen LogP contribution in [0.15, 0.2) is 16.6 Å². The van der Waals surface area contributed by atoms with Crippen LogP contribution in [0.4, 0.5) is 11.4 Å². The third-order valence-electron chi connectivity index (χ3n) is 3.42. The summed E-state index contributed by atoms with van der Waals surface area (Å²) in [6, 6.07) is 4.74. The summed E-state index contributed by atoms with van der Waals surface area (Å²) in [5, 5.41) is 0. The van der Waals surface area contributed by atoms with Gasteiger partial charge in [-0.2, -0.15) is 0 Å². The molecule has 1 fully saturated rings. The van der Waals surface area contributed by atoms with E-state index in [9.17, 15) is 0 Å². The molecule has 0 atom stereocenters. The summed E-state index contributed by atoms with van der Waals surface area (Å²) in [5.74, 6) is 0.891. The van der Waals surface area contributed by atoms with E-state index >= 15 is 0 Å². The molecular weight excluding hydrogens is 276 g/mol. The van der Waals surface area contributed by atoms with Gasteiger partial charge in [0.2, 0.25) is 0 Å². The summed E-state index contributed by atoms with van der Waals surface area (Å²) < 4.78 is 1.11. The Kier molecular flexibility index (Phi) is 3.67. The third kappa shape index (κ3) is 2.95. The Morgan fingerprint density at radius 2 is 2.06 bits per heavy atom. The van der Waals surface area contributed by atoms with E-state index in [0.717, 1.165) is 21.6 Å². The molecular formula is C14H21BrN2. The first-order chi connectivity index (χ1) is 7.99. The van der Waals surface area contributed by atoms with Gasteiger partial charge in [0.1, 0.15) is 0 Å². The van der Waals surface area contributed by atoms with E-state index in [1.165, 1.54) is 25.1 Å². The van der Waals surface area contributed by atoms with E-state index < -0.39 is 0 Å². The highest BCUT2D eigenvalue weighted by molar-refractivity contribution is 9.10. The van der Waals surface area contributed by atoms with Crippen LogP contribution in [0, 0.1) is 12.8 Å². The average molecular weight is 297 g/mol. The zero-order valence-corrected chi connectivity index (χ0v) is 12.4. The molecule has 1 aliphatic carbocycles. The quantitative estimate of drug-likeness (QED) is 0.852. The first-order valence-electron chi connectivity index (χ1n) is 6.31. The van der Waals surface area contributed by atoms with Gasteiger partial charge in [-0.3, -0.25) is 0 Å². The van der Waals surface area contributed by atoms with Crippen molar-refractivity contribution >= 4 is 27.3 Å². The van der Waals surface area contributed by atoms with E-state index in [4.69, 9.17) is 5.73 Å². The Balaban J connectivity index is 2.30.